The van der Waals surface area contributed by atoms with Crippen molar-refractivity contribution in [2.24, 2.45) is 0 Å². The summed E-state index contributed by atoms with van der Waals surface area (Å²) in [4.78, 5) is 63.9. The number of carbonyl (C=O) groups excluding carboxylic acids is 3. The van der Waals surface area contributed by atoms with Gasteiger partial charge in [0.15, 0.2) is 10.5 Å². The van der Waals surface area contributed by atoms with Gasteiger partial charge in [0.05, 0.1) is 91.3 Å². The molecule has 0 saturated carbocycles. The molecule has 1 fully saturated rings. The molecule has 3 aliphatic rings. The molecule has 5 rings (SSSR count). The van der Waals surface area contributed by atoms with Crippen LogP contribution < -0.4 is 16.1 Å². The van der Waals surface area contributed by atoms with Crippen molar-refractivity contribution in [2.75, 3.05) is 91.1 Å². The second-order valence-electron chi connectivity index (χ2n) is 12.7. The summed E-state index contributed by atoms with van der Waals surface area (Å²) in [7, 11) is 0. The molecule has 2 heterocycles. The minimum Gasteiger partial charge on any atom is -0.508 e. The molecule has 0 unspecified atom stereocenters. The predicted molar refractivity (Wildman–Crippen MR) is 214 cm³/mol. The Hall–Kier alpha value is -5.54. The summed E-state index contributed by atoms with van der Waals surface area (Å²) in [5.74, 6) is -2.72. The molecule has 19 heteroatoms. The smallest absolute Gasteiger partial charge is 0.336 e. The Bertz CT molecular complexity index is 2090. The number of carboxylic acid groups (broad SMARTS) is 1. The summed E-state index contributed by atoms with van der Waals surface area (Å²) in [6, 6.07) is 13.7. The summed E-state index contributed by atoms with van der Waals surface area (Å²) >= 11 is 5.40. The van der Waals surface area contributed by atoms with E-state index in [0.29, 0.717) is 111 Å². The molecule has 1 aliphatic carbocycles. The zero-order valence-corrected chi connectivity index (χ0v) is 32.9. The summed E-state index contributed by atoms with van der Waals surface area (Å²) < 4.78 is 38.6. The molecule has 18 nitrogen and oxygen atoms in total. The number of hydrogen-bond acceptors (Lipinski definition) is 15. The Morgan fingerprint density at radius 2 is 1.29 bits per heavy atom. The topological polar surface area (TPSA) is 231 Å². The fraction of sp³-hybridized carbons (Fsp3) is 0.400. The van der Waals surface area contributed by atoms with Gasteiger partial charge in [-0.2, -0.15) is 0 Å². The van der Waals surface area contributed by atoms with Gasteiger partial charge in [-0.25, -0.2) is 9.59 Å². The van der Waals surface area contributed by atoms with Crippen LogP contribution in [-0.4, -0.2) is 130 Å². The minimum absolute atomic E-state index is 0.00771. The molecule has 2 aliphatic heterocycles. The van der Waals surface area contributed by atoms with Crippen LogP contribution in [0.1, 0.15) is 29.6 Å². The summed E-state index contributed by atoms with van der Waals surface area (Å²) in [5.41, 5.74) is 1.94. The van der Waals surface area contributed by atoms with Gasteiger partial charge in [0.1, 0.15) is 17.1 Å². The number of ether oxygens (including phenoxy) is 6. The number of carboxylic acids is 1. The lowest BCUT2D eigenvalue weighted by molar-refractivity contribution is -0.198. The van der Waals surface area contributed by atoms with E-state index in [4.69, 9.17) is 49.9 Å². The van der Waals surface area contributed by atoms with Gasteiger partial charge in [-0.3, -0.25) is 14.4 Å². The maximum Gasteiger partial charge on any atom is 0.336 e. The molecule has 4 N–H and O–H groups in total. The highest BCUT2D eigenvalue weighted by Gasteiger charge is 2.32. The van der Waals surface area contributed by atoms with Crippen LogP contribution in [0.3, 0.4) is 0 Å². The molecule has 316 valence electrons. The molecular weight excluding hydrogens is 795 g/mol. The van der Waals surface area contributed by atoms with Crippen molar-refractivity contribution < 1.29 is 67.1 Å². The largest absolute Gasteiger partial charge is 0.508 e. The first-order chi connectivity index (χ1) is 28.6. The number of phenolic OH excluding ortho intramolecular Hbond substituents is 1. The number of carbonyl (C=O) groups is 4. The van der Waals surface area contributed by atoms with E-state index >= 15 is 0 Å². The first-order valence-corrected chi connectivity index (χ1v) is 19.2. The van der Waals surface area contributed by atoms with E-state index < -0.39 is 23.8 Å². The Kier molecular flexibility index (Phi) is 17.5. The number of aromatic hydroxyl groups is 1. The molecule has 0 spiro atoms. The molecule has 2 aromatic rings. The highest BCUT2D eigenvalue weighted by Crippen LogP contribution is 2.42. The molecule has 2 aromatic carbocycles. The molecule has 1 saturated heterocycles. The lowest BCUT2D eigenvalue weighted by Gasteiger charge is -2.18. The SMILES string of the molecule is O=C(CCOCCOCCOCCOCCOCCOCCNC(=S)Nc1ccc(-c2c3ccc(=O)cc-3oc3cc(O)ccc23)c(C(=O)O)c1)ON1C(=O)CCC1=O. The van der Waals surface area contributed by atoms with E-state index in [1.54, 1.807) is 24.3 Å². The van der Waals surface area contributed by atoms with E-state index in [-0.39, 0.29) is 60.1 Å². The van der Waals surface area contributed by atoms with Crippen molar-refractivity contribution in [3.63, 3.8) is 0 Å². The highest BCUT2D eigenvalue weighted by molar-refractivity contribution is 7.80. The molecule has 2 amide bonds. The number of fused-ring (bicyclic) bond motifs is 2. The molecule has 0 radical (unpaired) electrons. The maximum atomic E-state index is 12.5. The minimum atomic E-state index is -1.17. The molecular formula is C40H45N3O15S. The first kappa shape index (κ1) is 44.6. The average Bonchev–Trinajstić information content (AvgIpc) is 3.52. The number of imide groups is 1. The number of phenols is 1. The van der Waals surface area contributed by atoms with Gasteiger partial charge in [0, 0.05) is 53.7 Å². The van der Waals surface area contributed by atoms with Gasteiger partial charge >= 0.3 is 11.9 Å². The Morgan fingerprint density at radius 3 is 1.90 bits per heavy atom. The van der Waals surface area contributed by atoms with E-state index in [2.05, 4.69) is 10.6 Å². The van der Waals surface area contributed by atoms with Gasteiger partial charge in [0.2, 0.25) is 0 Å². The number of amides is 2. The van der Waals surface area contributed by atoms with Crippen LogP contribution in [0.4, 0.5) is 5.69 Å². The second kappa shape index (κ2) is 23.2. The third-order valence-corrected chi connectivity index (χ3v) is 8.74. The highest BCUT2D eigenvalue weighted by atomic mass is 32.1. The maximum absolute atomic E-state index is 12.5. The van der Waals surface area contributed by atoms with Crippen molar-refractivity contribution >= 4 is 57.7 Å². The zero-order valence-electron chi connectivity index (χ0n) is 32.1. The van der Waals surface area contributed by atoms with Crippen LogP contribution in [-0.2, 0) is 47.6 Å². The molecule has 59 heavy (non-hydrogen) atoms. The van der Waals surface area contributed by atoms with Crippen LogP contribution in [0.2, 0.25) is 0 Å². The Labute approximate surface area is 343 Å². The third kappa shape index (κ3) is 13.8. The molecule has 0 bridgehead atoms. The number of aromatic carboxylic acids is 1. The van der Waals surface area contributed by atoms with E-state index in [9.17, 15) is 34.2 Å². The van der Waals surface area contributed by atoms with Crippen molar-refractivity contribution in [2.45, 2.75) is 19.3 Å². The van der Waals surface area contributed by atoms with Crippen molar-refractivity contribution in [3.05, 3.63) is 70.4 Å². The lowest BCUT2D eigenvalue weighted by Crippen LogP contribution is -2.32. The van der Waals surface area contributed by atoms with Crippen LogP contribution in [0.25, 0.3) is 33.4 Å². The lowest BCUT2D eigenvalue weighted by atomic mass is 9.90. The van der Waals surface area contributed by atoms with Crippen LogP contribution >= 0.6 is 12.2 Å². The number of nitrogens with zero attached hydrogens (tertiary/aromatic N) is 1. The van der Waals surface area contributed by atoms with Crippen molar-refractivity contribution in [1.82, 2.24) is 10.4 Å². The third-order valence-electron chi connectivity index (χ3n) is 8.50. The van der Waals surface area contributed by atoms with Crippen LogP contribution in [0, 0.1) is 0 Å². The quantitative estimate of drug-likeness (QED) is 0.0324. The fourth-order valence-corrected chi connectivity index (χ4v) is 5.96. The number of nitrogens with one attached hydrogen (secondary N) is 2. The number of thiocarbonyl (C=S) groups is 1. The van der Waals surface area contributed by atoms with Gasteiger partial charge in [-0.05, 0) is 54.2 Å². The van der Waals surface area contributed by atoms with Crippen molar-refractivity contribution in [1.29, 1.82) is 0 Å². The van der Waals surface area contributed by atoms with Gasteiger partial charge in [-0.15, -0.1) is 5.06 Å². The van der Waals surface area contributed by atoms with E-state index in [0.717, 1.165) is 0 Å². The van der Waals surface area contributed by atoms with Crippen LogP contribution in [0.5, 0.6) is 5.75 Å². The fourth-order valence-electron chi connectivity index (χ4n) is 5.74. The first-order valence-electron chi connectivity index (χ1n) is 18.8. The zero-order chi connectivity index (χ0) is 42.0. The van der Waals surface area contributed by atoms with Gasteiger partial charge < -0.3 is 58.5 Å². The summed E-state index contributed by atoms with van der Waals surface area (Å²) in [6.45, 7) is 4.40. The van der Waals surface area contributed by atoms with E-state index in [1.165, 1.54) is 30.3 Å². The standard InChI is InChI=1S/C40H45N3O15S/c44-27-2-5-30-33(24-27)57-34-25-28(45)3-6-31(34)38(30)29-4-1-26(23-32(29)39(49)50)42-40(59)41-10-12-52-14-16-54-18-20-56-22-21-55-19-17-53-15-13-51-11-9-37(48)58-43-35(46)7-8-36(43)47/h1-6,23-25,44H,7-22H2,(H,49,50)(H2,41,42,59). The van der Waals surface area contributed by atoms with Crippen molar-refractivity contribution in [3.8, 4) is 28.2 Å². The Balaban J connectivity index is 0.866. The predicted octanol–water partition coefficient (Wildman–Crippen LogP) is 3.35. The summed E-state index contributed by atoms with van der Waals surface area (Å²) in [6.07, 6.45) is -0.0126. The van der Waals surface area contributed by atoms with E-state index in [1.807, 2.05) is 0 Å². The van der Waals surface area contributed by atoms with Crippen LogP contribution in [0.15, 0.2) is 63.8 Å². The Morgan fingerprint density at radius 1 is 0.712 bits per heavy atom. The number of hydrogen-bond donors (Lipinski definition) is 4. The summed E-state index contributed by atoms with van der Waals surface area (Å²) in [5, 5.41) is 27.6. The normalized spacial score (nSPS) is 12.7. The molecule has 0 atom stereocenters. The van der Waals surface area contributed by atoms with Gasteiger partial charge in [-0.1, -0.05) is 6.07 Å². The average molecular weight is 840 g/mol. The number of rotatable bonds is 25. The monoisotopic (exact) mass is 839 g/mol. The van der Waals surface area contributed by atoms with Gasteiger partial charge in [0.25, 0.3) is 11.8 Å². The number of hydroxylamine groups is 2. The number of benzene rings is 3. The number of anilines is 1. The molecule has 0 aromatic heterocycles. The second-order valence-corrected chi connectivity index (χ2v) is 13.1.